The van der Waals surface area contributed by atoms with Crippen molar-refractivity contribution >= 4 is 27.3 Å². The molecule has 0 saturated carbocycles. The first-order valence-corrected chi connectivity index (χ1v) is 12.9. The molecule has 1 aliphatic carbocycles. The number of allylic oxidation sites excluding steroid dienone is 1. The molecule has 2 atom stereocenters. The van der Waals surface area contributed by atoms with E-state index in [1.165, 1.54) is 16.7 Å². The number of para-hydroxylation sites is 1. The van der Waals surface area contributed by atoms with E-state index in [2.05, 4.69) is 37.3 Å². The predicted octanol–water partition coefficient (Wildman–Crippen LogP) is 6.07. The van der Waals surface area contributed by atoms with Gasteiger partial charge in [0.1, 0.15) is 0 Å². The number of fused-ring (bicyclic) bond motifs is 3. The van der Waals surface area contributed by atoms with Crippen molar-refractivity contribution < 1.29 is 8.42 Å². The standard InChI is InChI=1S/C27H26ClNO2S/c1-19-12-14-22(15-13-19)32(30,31)29-18-25-20(2)23(16-17-28)27(25,21-8-4-3-5-9-21)24-10-6-7-11-26(24)29/h3-15,25H,16-18H2,1-2H3/t25-,27-/m1/s1. The summed E-state index contributed by atoms with van der Waals surface area (Å²) in [5.74, 6) is 0.611. The summed E-state index contributed by atoms with van der Waals surface area (Å²) in [5, 5.41) is 0. The van der Waals surface area contributed by atoms with Gasteiger partial charge in [0.25, 0.3) is 10.0 Å². The SMILES string of the molecule is CC1=C(CCCl)[C@]2(c3ccccc3)c3ccccc3N(S(=O)(=O)c3ccc(C)cc3)C[C@H]12. The van der Waals surface area contributed by atoms with E-state index >= 15 is 0 Å². The van der Waals surface area contributed by atoms with Crippen LogP contribution >= 0.6 is 11.6 Å². The Hall–Kier alpha value is -2.56. The zero-order chi connectivity index (χ0) is 22.5. The fourth-order valence-corrected chi connectivity index (χ4v) is 7.36. The summed E-state index contributed by atoms with van der Waals surface area (Å²) in [6.45, 7) is 4.51. The molecule has 164 valence electrons. The van der Waals surface area contributed by atoms with Gasteiger partial charge in [-0.3, -0.25) is 4.31 Å². The molecule has 0 saturated heterocycles. The summed E-state index contributed by atoms with van der Waals surface area (Å²) >= 11 is 6.24. The summed E-state index contributed by atoms with van der Waals surface area (Å²) in [7, 11) is -3.69. The highest BCUT2D eigenvalue weighted by Crippen LogP contribution is 2.63. The van der Waals surface area contributed by atoms with E-state index in [1.807, 2.05) is 43.3 Å². The van der Waals surface area contributed by atoms with E-state index in [-0.39, 0.29) is 11.3 Å². The molecule has 32 heavy (non-hydrogen) atoms. The lowest BCUT2D eigenvalue weighted by Gasteiger charge is -2.58. The molecule has 3 aromatic rings. The number of alkyl halides is 1. The number of nitrogens with zero attached hydrogens (tertiary/aromatic N) is 1. The van der Waals surface area contributed by atoms with Crippen LogP contribution in [0.15, 0.2) is 94.9 Å². The van der Waals surface area contributed by atoms with Gasteiger partial charge >= 0.3 is 0 Å². The van der Waals surface area contributed by atoms with Crippen molar-refractivity contribution in [2.45, 2.75) is 30.6 Å². The fourth-order valence-electron chi connectivity index (χ4n) is 5.68. The molecular weight excluding hydrogens is 438 g/mol. The maximum absolute atomic E-state index is 13.8. The van der Waals surface area contributed by atoms with Crippen molar-refractivity contribution in [3.8, 4) is 0 Å². The Labute approximate surface area is 195 Å². The second-order valence-electron chi connectivity index (χ2n) is 8.69. The molecule has 0 fully saturated rings. The van der Waals surface area contributed by atoms with Gasteiger partial charge in [-0.2, -0.15) is 0 Å². The first-order valence-electron chi connectivity index (χ1n) is 10.9. The topological polar surface area (TPSA) is 37.4 Å². The van der Waals surface area contributed by atoms with Crippen molar-refractivity contribution in [1.82, 2.24) is 0 Å². The molecule has 3 aromatic carbocycles. The van der Waals surface area contributed by atoms with Crippen LogP contribution in [0.5, 0.6) is 0 Å². The molecule has 0 radical (unpaired) electrons. The Morgan fingerprint density at radius 2 is 1.59 bits per heavy atom. The van der Waals surface area contributed by atoms with Crippen molar-refractivity contribution in [3.63, 3.8) is 0 Å². The van der Waals surface area contributed by atoms with Gasteiger partial charge in [0, 0.05) is 18.3 Å². The monoisotopic (exact) mass is 463 g/mol. The lowest BCUT2D eigenvalue weighted by Crippen LogP contribution is -2.57. The largest absolute Gasteiger partial charge is 0.265 e. The Kier molecular flexibility index (Phi) is 5.18. The molecule has 0 bridgehead atoms. The van der Waals surface area contributed by atoms with Crippen molar-refractivity contribution in [2.24, 2.45) is 5.92 Å². The second kappa shape index (κ2) is 7.79. The molecule has 0 amide bonds. The lowest BCUT2D eigenvalue weighted by atomic mass is 9.48. The molecule has 3 nitrogen and oxygen atoms in total. The molecule has 1 aliphatic heterocycles. The smallest absolute Gasteiger partial charge is 0.264 e. The second-order valence-corrected chi connectivity index (χ2v) is 10.9. The van der Waals surface area contributed by atoms with Crippen LogP contribution < -0.4 is 4.31 Å². The Balaban J connectivity index is 1.74. The van der Waals surface area contributed by atoms with E-state index < -0.39 is 10.0 Å². The zero-order valence-electron chi connectivity index (χ0n) is 18.3. The number of rotatable bonds is 5. The summed E-state index contributed by atoms with van der Waals surface area (Å²) in [5.41, 5.74) is 6.29. The predicted molar refractivity (Wildman–Crippen MR) is 131 cm³/mol. The fraction of sp³-hybridized carbons (Fsp3) is 0.259. The van der Waals surface area contributed by atoms with E-state index in [0.717, 1.165) is 23.2 Å². The number of aryl methyl sites for hydroxylation is 1. The van der Waals surface area contributed by atoms with Crippen LogP contribution in [0.25, 0.3) is 0 Å². The maximum atomic E-state index is 13.8. The number of halogens is 1. The quantitative estimate of drug-likeness (QED) is 0.340. The van der Waals surface area contributed by atoms with Gasteiger partial charge in [-0.25, -0.2) is 8.42 Å². The van der Waals surface area contributed by atoms with Crippen molar-refractivity contribution in [3.05, 3.63) is 107 Å². The highest BCUT2D eigenvalue weighted by atomic mass is 35.5. The van der Waals surface area contributed by atoms with Gasteiger partial charge in [0.2, 0.25) is 0 Å². The molecule has 5 rings (SSSR count). The van der Waals surface area contributed by atoms with Crippen LogP contribution in [0.4, 0.5) is 5.69 Å². The minimum Gasteiger partial charge on any atom is -0.265 e. The van der Waals surface area contributed by atoms with Crippen LogP contribution in [-0.2, 0) is 15.4 Å². The molecule has 0 spiro atoms. The third-order valence-corrected chi connectivity index (χ3v) is 9.11. The highest BCUT2D eigenvalue weighted by Gasteiger charge is 2.58. The molecule has 1 heterocycles. The molecule has 2 aliphatic rings. The molecule has 5 heteroatoms. The molecular formula is C27H26ClNO2S. The first-order chi connectivity index (χ1) is 15.4. The minimum atomic E-state index is -3.69. The van der Waals surface area contributed by atoms with Crippen molar-refractivity contribution in [2.75, 3.05) is 16.7 Å². The number of benzene rings is 3. The first kappa shape index (κ1) is 21.3. The molecule has 0 aromatic heterocycles. The van der Waals surface area contributed by atoms with E-state index in [0.29, 0.717) is 17.3 Å². The van der Waals surface area contributed by atoms with E-state index in [4.69, 9.17) is 11.6 Å². The van der Waals surface area contributed by atoms with Crippen molar-refractivity contribution in [1.29, 1.82) is 0 Å². The summed E-state index contributed by atoms with van der Waals surface area (Å²) in [6, 6.07) is 25.5. The van der Waals surface area contributed by atoms with Crippen LogP contribution in [-0.4, -0.2) is 20.8 Å². The maximum Gasteiger partial charge on any atom is 0.264 e. The number of anilines is 1. The zero-order valence-corrected chi connectivity index (χ0v) is 19.8. The minimum absolute atomic E-state index is 0.0678. The Bertz CT molecular complexity index is 1300. The van der Waals surface area contributed by atoms with Gasteiger partial charge in [0.15, 0.2) is 0 Å². The van der Waals surface area contributed by atoms with E-state index in [9.17, 15) is 8.42 Å². The average molecular weight is 464 g/mol. The van der Waals surface area contributed by atoms with Gasteiger partial charge in [-0.05, 0) is 49.6 Å². The molecule has 0 unspecified atom stereocenters. The Morgan fingerprint density at radius 1 is 0.938 bits per heavy atom. The number of sulfonamides is 1. The lowest BCUT2D eigenvalue weighted by molar-refractivity contribution is 0.336. The molecule has 0 N–H and O–H groups in total. The Morgan fingerprint density at radius 3 is 2.28 bits per heavy atom. The third kappa shape index (κ3) is 2.89. The van der Waals surface area contributed by atoms with Gasteiger partial charge in [-0.15, -0.1) is 11.6 Å². The van der Waals surface area contributed by atoms with Crippen LogP contribution in [0, 0.1) is 12.8 Å². The summed E-state index contributed by atoms with van der Waals surface area (Å²) < 4.78 is 29.2. The van der Waals surface area contributed by atoms with Gasteiger partial charge in [0.05, 0.1) is 16.0 Å². The summed E-state index contributed by atoms with van der Waals surface area (Å²) in [4.78, 5) is 0.326. The van der Waals surface area contributed by atoms with Crippen LogP contribution in [0.3, 0.4) is 0 Å². The van der Waals surface area contributed by atoms with Gasteiger partial charge < -0.3 is 0 Å². The highest BCUT2D eigenvalue weighted by molar-refractivity contribution is 7.92. The normalized spacial score (nSPS) is 22.2. The average Bonchev–Trinajstić information content (AvgIpc) is 2.82. The van der Waals surface area contributed by atoms with Crippen LogP contribution in [0.1, 0.15) is 30.0 Å². The van der Waals surface area contributed by atoms with Crippen LogP contribution in [0.2, 0.25) is 0 Å². The van der Waals surface area contributed by atoms with E-state index in [1.54, 1.807) is 16.4 Å². The number of hydrogen-bond acceptors (Lipinski definition) is 2. The van der Waals surface area contributed by atoms with Gasteiger partial charge in [-0.1, -0.05) is 77.4 Å². The third-order valence-electron chi connectivity index (χ3n) is 7.13. The number of hydrogen-bond donors (Lipinski definition) is 0. The summed E-state index contributed by atoms with van der Waals surface area (Å²) in [6.07, 6.45) is 0.790.